The molecule has 1 heterocycles. The molecular weight excluding hydrogens is 450 g/mol. The van der Waals surface area contributed by atoms with Crippen LogP contribution in [-0.2, 0) is 21.4 Å². The molecule has 186 valence electrons. The van der Waals surface area contributed by atoms with Gasteiger partial charge in [0.05, 0.1) is 18.2 Å². The molecule has 0 radical (unpaired) electrons. The molecule has 0 fully saturated rings. The Morgan fingerprint density at radius 2 is 1.67 bits per heavy atom. The number of aryl methyl sites for hydroxylation is 1. The monoisotopic (exact) mass is 483 g/mol. The first kappa shape index (κ1) is 25.2. The molecule has 1 atom stereocenters. The molecule has 1 aliphatic heterocycles. The Bertz CT molecular complexity index is 1270. The standard InChI is InChI=1S/C31H33NO4/c1-5-36-25-13-9-12-24(20-25)32-28(22-15-17-23(18-16-22)31(2,3)4)27(29(34)30(32)35)26(33)19-14-21-10-7-6-8-11-21/h6-13,15-18,20,28,34H,5,14,19H2,1-4H3. The minimum Gasteiger partial charge on any atom is -0.503 e. The fourth-order valence-corrected chi connectivity index (χ4v) is 4.56. The Morgan fingerprint density at radius 1 is 0.972 bits per heavy atom. The topological polar surface area (TPSA) is 66.8 Å². The minimum atomic E-state index is -0.730. The SMILES string of the molecule is CCOc1cccc(N2C(=O)C(O)=C(C(=O)CCc3ccccc3)C2c2ccc(C(C)(C)C)cc2)c1. The van der Waals surface area contributed by atoms with E-state index in [1.807, 2.05) is 67.6 Å². The Labute approximate surface area is 213 Å². The highest BCUT2D eigenvalue weighted by atomic mass is 16.5. The third-order valence-electron chi connectivity index (χ3n) is 6.49. The van der Waals surface area contributed by atoms with E-state index in [-0.39, 0.29) is 23.2 Å². The van der Waals surface area contributed by atoms with Gasteiger partial charge in [-0.1, -0.05) is 81.4 Å². The number of carbonyl (C=O) groups excluding carboxylic acids is 2. The number of ether oxygens (including phenoxy) is 1. The third kappa shape index (κ3) is 5.20. The second kappa shape index (κ2) is 10.4. The summed E-state index contributed by atoms with van der Waals surface area (Å²) in [5, 5.41) is 11.0. The van der Waals surface area contributed by atoms with E-state index < -0.39 is 17.7 Å². The zero-order valence-corrected chi connectivity index (χ0v) is 21.3. The number of hydrogen-bond donors (Lipinski definition) is 1. The van der Waals surface area contributed by atoms with Crippen molar-refractivity contribution in [3.8, 4) is 5.75 Å². The molecule has 0 saturated carbocycles. The van der Waals surface area contributed by atoms with Crippen molar-refractivity contribution in [3.63, 3.8) is 0 Å². The van der Waals surface area contributed by atoms with Crippen molar-refractivity contribution in [2.75, 3.05) is 11.5 Å². The van der Waals surface area contributed by atoms with Gasteiger partial charge in [-0.2, -0.15) is 0 Å². The lowest BCUT2D eigenvalue weighted by Gasteiger charge is -2.28. The molecule has 1 amide bonds. The van der Waals surface area contributed by atoms with E-state index in [2.05, 4.69) is 20.8 Å². The highest BCUT2D eigenvalue weighted by molar-refractivity contribution is 6.16. The molecule has 3 aromatic carbocycles. The van der Waals surface area contributed by atoms with E-state index >= 15 is 0 Å². The van der Waals surface area contributed by atoms with Crippen LogP contribution < -0.4 is 9.64 Å². The first-order chi connectivity index (χ1) is 17.2. The largest absolute Gasteiger partial charge is 0.503 e. The quantitative estimate of drug-likeness (QED) is 0.398. The molecule has 5 heteroatoms. The van der Waals surface area contributed by atoms with Crippen LogP contribution in [0.5, 0.6) is 5.75 Å². The Morgan fingerprint density at radius 3 is 2.31 bits per heavy atom. The lowest BCUT2D eigenvalue weighted by Crippen LogP contribution is -2.31. The molecule has 0 aromatic heterocycles. The molecule has 1 N–H and O–H groups in total. The Balaban J connectivity index is 1.74. The summed E-state index contributed by atoms with van der Waals surface area (Å²) in [4.78, 5) is 28.4. The average Bonchev–Trinajstić information content (AvgIpc) is 3.13. The summed E-state index contributed by atoms with van der Waals surface area (Å²) in [5.74, 6) is -0.692. The van der Waals surface area contributed by atoms with Crippen molar-refractivity contribution in [3.05, 3.63) is 107 Å². The van der Waals surface area contributed by atoms with Gasteiger partial charge in [0, 0.05) is 18.2 Å². The normalized spacial score (nSPS) is 15.9. The summed E-state index contributed by atoms with van der Waals surface area (Å²) in [6.45, 7) is 8.79. The van der Waals surface area contributed by atoms with Gasteiger partial charge >= 0.3 is 0 Å². The van der Waals surface area contributed by atoms with Crippen LogP contribution in [0.15, 0.2) is 90.2 Å². The maximum Gasteiger partial charge on any atom is 0.294 e. The molecule has 5 nitrogen and oxygen atoms in total. The highest BCUT2D eigenvalue weighted by Gasteiger charge is 2.44. The van der Waals surface area contributed by atoms with Crippen molar-refractivity contribution in [2.45, 2.75) is 52.0 Å². The van der Waals surface area contributed by atoms with Crippen LogP contribution >= 0.6 is 0 Å². The number of aliphatic hydroxyl groups is 1. The van der Waals surface area contributed by atoms with E-state index in [9.17, 15) is 14.7 Å². The van der Waals surface area contributed by atoms with Gasteiger partial charge in [0.2, 0.25) is 0 Å². The summed E-state index contributed by atoms with van der Waals surface area (Å²) >= 11 is 0. The van der Waals surface area contributed by atoms with E-state index in [4.69, 9.17) is 4.74 Å². The number of amides is 1. The van der Waals surface area contributed by atoms with Crippen LogP contribution in [0.4, 0.5) is 5.69 Å². The molecular formula is C31H33NO4. The van der Waals surface area contributed by atoms with E-state index in [1.165, 1.54) is 4.90 Å². The van der Waals surface area contributed by atoms with Crippen LogP contribution in [0.3, 0.4) is 0 Å². The van der Waals surface area contributed by atoms with Gasteiger partial charge < -0.3 is 9.84 Å². The Hall–Kier alpha value is -3.86. The van der Waals surface area contributed by atoms with Gasteiger partial charge in [0.25, 0.3) is 5.91 Å². The average molecular weight is 484 g/mol. The van der Waals surface area contributed by atoms with Gasteiger partial charge in [-0.3, -0.25) is 14.5 Å². The Kier molecular flexibility index (Phi) is 7.30. The van der Waals surface area contributed by atoms with Gasteiger partial charge in [-0.05, 0) is 47.6 Å². The van der Waals surface area contributed by atoms with Gasteiger partial charge in [-0.25, -0.2) is 0 Å². The molecule has 0 aliphatic carbocycles. The highest BCUT2D eigenvalue weighted by Crippen LogP contribution is 2.42. The number of carbonyl (C=O) groups is 2. The lowest BCUT2D eigenvalue weighted by atomic mass is 9.85. The fourth-order valence-electron chi connectivity index (χ4n) is 4.56. The van der Waals surface area contributed by atoms with Crippen molar-refractivity contribution in [2.24, 2.45) is 0 Å². The van der Waals surface area contributed by atoms with Gasteiger partial charge in [-0.15, -0.1) is 0 Å². The summed E-state index contributed by atoms with van der Waals surface area (Å²) in [5.41, 5.74) is 3.61. The minimum absolute atomic E-state index is 0.0398. The third-order valence-corrected chi connectivity index (χ3v) is 6.49. The van der Waals surface area contributed by atoms with Crippen molar-refractivity contribution >= 4 is 17.4 Å². The molecule has 0 spiro atoms. The molecule has 0 bridgehead atoms. The summed E-state index contributed by atoms with van der Waals surface area (Å²) in [6, 6.07) is 24.1. The van der Waals surface area contributed by atoms with Gasteiger partial charge in [0.15, 0.2) is 11.5 Å². The maximum atomic E-state index is 13.5. The summed E-state index contributed by atoms with van der Waals surface area (Å²) < 4.78 is 5.64. The molecule has 4 rings (SSSR count). The summed E-state index contributed by atoms with van der Waals surface area (Å²) in [6.07, 6.45) is 0.722. The molecule has 1 aliphatic rings. The fraction of sp³-hybridized carbons (Fsp3) is 0.290. The van der Waals surface area contributed by atoms with Crippen LogP contribution in [0.2, 0.25) is 0 Å². The van der Waals surface area contributed by atoms with Crippen LogP contribution in [0.1, 0.15) is 56.8 Å². The zero-order valence-electron chi connectivity index (χ0n) is 21.3. The second-order valence-corrected chi connectivity index (χ2v) is 10.1. The van der Waals surface area contributed by atoms with Crippen LogP contribution in [-0.4, -0.2) is 23.4 Å². The maximum absolute atomic E-state index is 13.5. The van der Waals surface area contributed by atoms with E-state index in [0.717, 1.165) is 16.7 Å². The lowest BCUT2D eigenvalue weighted by molar-refractivity contribution is -0.118. The van der Waals surface area contributed by atoms with Gasteiger partial charge in [0.1, 0.15) is 5.75 Å². The van der Waals surface area contributed by atoms with E-state index in [1.54, 1.807) is 18.2 Å². The predicted octanol–water partition coefficient (Wildman–Crippen LogP) is 6.48. The number of ketones is 1. The number of rotatable bonds is 8. The van der Waals surface area contributed by atoms with Crippen molar-refractivity contribution < 1.29 is 19.4 Å². The second-order valence-electron chi connectivity index (χ2n) is 10.1. The molecule has 3 aromatic rings. The van der Waals surface area contributed by atoms with Crippen molar-refractivity contribution in [1.82, 2.24) is 0 Å². The zero-order chi connectivity index (χ0) is 25.9. The molecule has 1 unspecified atom stereocenters. The van der Waals surface area contributed by atoms with Crippen molar-refractivity contribution in [1.29, 1.82) is 0 Å². The first-order valence-electron chi connectivity index (χ1n) is 12.4. The molecule has 0 saturated heterocycles. The van der Waals surface area contributed by atoms with Crippen LogP contribution in [0.25, 0.3) is 0 Å². The molecule has 36 heavy (non-hydrogen) atoms. The van der Waals surface area contributed by atoms with E-state index in [0.29, 0.717) is 24.5 Å². The summed E-state index contributed by atoms with van der Waals surface area (Å²) in [7, 11) is 0. The predicted molar refractivity (Wildman–Crippen MR) is 142 cm³/mol. The number of hydrogen-bond acceptors (Lipinski definition) is 4. The number of nitrogens with zero attached hydrogens (tertiary/aromatic N) is 1. The van der Waals surface area contributed by atoms with Crippen LogP contribution in [0, 0.1) is 0 Å². The number of benzene rings is 3. The first-order valence-corrected chi connectivity index (χ1v) is 12.4. The number of aliphatic hydroxyl groups excluding tert-OH is 1. The number of anilines is 1. The smallest absolute Gasteiger partial charge is 0.294 e. The number of Topliss-reactive ketones (excluding diaryl/α,β-unsaturated/α-hetero) is 1.